The second-order valence-electron chi connectivity index (χ2n) is 8.58. The molecule has 196 valence electrons. The molecule has 8 nitrogen and oxygen atoms in total. The van der Waals surface area contributed by atoms with E-state index in [1.807, 2.05) is 6.92 Å². The highest BCUT2D eigenvalue weighted by atomic mass is 32.2. The summed E-state index contributed by atoms with van der Waals surface area (Å²) in [7, 11) is -2.65. The number of aromatic nitrogens is 2. The maximum absolute atomic E-state index is 15.5. The predicted molar refractivity (Wildman–Crippen MR) is 143 cm³/mol. The Morgan fingerprint density at radius 1 is 1.21 bits per heavy atom. The summed E-state index contributed by atoms with van der Waals surface area (Å²) in [6.07, 6.45) is 7.14. The first kappa shape index (κ1) is 26.8. The average Bonchev–Trinajstić information content (AvgIpc) is 3.33. The summed E-state index contributed by atoms with van der Waals surface area (Å²) >= 11 is 0. The van der Waals surface area contributed by atoms with Crippen LogP contribution in [0.1, 0.15) is 46.3 Å². The van der Waals surface area contributed by atoms with Crippen molar-refractivity contribution in [1.82, 2.24) is 9.97 Å². The van der Waals surface area contributed by atoms with Crippen molar-refractivity contribution < 1.29 is 22.0 Å². The molecule has 4 rings (SSSR count). The van der Waals surface area contributed by atoms with Crippen LogP contribution in [0.25, 0.3) is 11.0 Å². The van der Waals surface area contributed by atoms with Crippen LogP contribution >= 0.6 is 0 Å². The minimum atomic E-state index is -4.21. The molecule has 0 amide bonds. The first-order valence-corrected chi connectivity index (χ1v) is 13.2. The third kappa shape index (κ3) is 5.23. The van der Waals surface area contributed by atoms with Gasteiger partial charge < -0.3 is 10.4 Å². The number of halogens is 2. The highest BCUT2D eigenvalue weighted by Gasteiger charge is 2.26. The fourth-order valence-electron chi connectivity index (χ4n) is 4.08. The number of anilines is 1. The standard InChI is InChI=1S/C27H25F2N5O3S/c1-3-4-16-5-7-19(8-6-16)38(36,37)34-23-10-9-22(28)24(25(23)29)26(35)21-15-33-27-20(21)11-17(14-32-27)18(12-30)13-31-2/h5-15,18,30,34H,3-4H2,1-2H3,(H,32,33). The summed E-state index contributed by atoms with van der Waals surface area (Å²) in [6, 6.07) is 9.50. The van der Waals surface area contributed by atoms with Crippen LogP contribution in [0.2, 0.25) is 0 Å². The average molecular weight is 538 g/mol. The SMILES string of the molecule is CCCc1ccc(S(=O)(=O)Nc2ccc(F)c(C(=O)c3c[nH]c4ncc(C(C=N)C=NC)cc34)c2F)cc1. The summed E-state index contributed by atoms with van der Waals surface area (Å²) in [6.45, 7) is 2.00. The van der Waals surface area contributed by atoms with E-state index in [9.17, 15) is 17.6 Å². The lowest BCUT2D eigenvalue weighted by molar-refractivity contribution is 0.103. The molecule has 38 heavy (non-hydrogen) atoms. The van der Waals surface area contributed by atoms with E-state index >= 15 is 4.39 Å². The number of hydrogen-bond acceptors (Lipinski definition) is 6. The van der Waals surface area contributed by atoms with Crippen molar-refractivity contribution in [2.24, 2.45) is 4.99 Å². The van der Waals surface area contributed by atoms with Gasteiger partial charge in [-0.15, -0.1) is 0 Å². The van der Waals surface area contributed by atoms with Gasteiger partial charge in [0.1, 0.15) is 11.5 Å². The first-order chi connectivity index (χ1) is 18.2. The number of fused-ring (bicyclic) bond motifs is 1. The van der Waals surface area contributed by atoms with E-state index in [0.717, 1.165) is 36.8 Å². The van der Waals surface area contributed by atoms with E-state index in [1.54, 1.807) is 25.2 Å². The number of nitrogens with one attached hydrogen (secondary N) is 3. The molecule has 0 aliphatic rings. The lowest BCUT2D eigenvalue weighted by Gasteiger charge is -2.12. The molecule has 0 bridgehead atoms. The minimum absolute atomic E-state index is 0.0594. The van der Waals surface area contributed by atoms with E-state index in [0.29, 0.717) is 16.6 Å². The van der Waals surface area contributed by atoms with Gasteiger partial charge in [0.25, 0.3) is 10.0 Å². The number of aryl methyl sites for hydroxylation is 1. The first-order valence-electron chi connectivity index (χ1n) is 11.7. The second-order valence-corrected chi connectivity index (χ2v) is 10.3. The number of aliphatic imine (C=N–C) groups is 1. The van der Waals surface area contributed by atoms with Gasteiger partial charge in [-0.1, -0.05) is 25.5 Å². The summed E-state index contributed by atoms with van der Waals surface area (Å²) in [4.78, 5) is 24.2. The van der Waals surface area contributed by atoms with E-state index in [-0.39, 0.29) is 10.5 Å². The summed E-state index contributed by atoms with van der Waals surface area (Å²) in [5.74, 6) is -3.98. The smallest absolute Gasteiger partial charge is 0.261 e. The van der Waals surface area contributed by atoms with Crippen LogP contribution in [0, 0.1) is 17.0 Å². The number of ketones is 1. The van der Waals surface area contributed by atoms with Crippen LogP contribution in [-0.2, 0) is 16.4 Å². The molecule has 3 N–H and O–H groups in total. The van der Waals surface area contributed by atoms with Gasteiger partial charge in [0.2, 0.25) is 5.78 Å². The zero-order chi connectivity index (χ0) is 27.4. The van der Waals surface area contributed by atoms with Gasteiger partial charge in [0, 0.05) is 42.8 Å². The Labute approximate surface area is 218 Å². The second kappa shape index (κ2) is 11.0. The molecule has 4 aromatic rings. The maximum Gasteiger partial charge on any atom is 0.261 e. The van der Waals surface area contributed by atoms with Crippen LogP contribution in [0.4, 0.5) is 14.5 Å². The minimum Gasteiger partial charge on any atom is -0.345 e. The molecule has 1 unspecified atom stereocenters. The Morgan fingerprint density at radius 3 is 2.61 bits per heavy atom. The summed E-state index contributed by atoms with van der Waals surface area (Å²) in [5.41, 5.74) is 0.286. The third-order valence-corrected chi connectivity index (χ3v) is 7.39. The molecular weight excluding hydrogens is 512 g/mol. The van der Waals surface area contributed by atoms with Gasteiger partial charge in [-0.2, -0.15) is 0 Å². The predicted octanol–water partition coefficient (Wildman–Crippen LogP) is 5.26. The number of rotatable bonds is 10. The van der Waals surface area contributed by atoms with E-state index in [2.05, 4.69) is 19.7 Å². The summed E-state index contributed by atoms with van der Waals surface area (Å²) < 4.78 is 58.2. The fourth-order valence-corrected chi connectivity index (χ4v) is 5.14. The fraction of sp³-hybridized carbons (Fsp3) is 0.185. The van der Waals surface area contributed by atoms with Crippen molar-refractivity contribution in [1.29, 1.82) is 5.41 Å². The van der Waals surface area contributed by atoms with E-state index < -0.39 is 44.6 Å². The van der Waals surface area contributed by atoms with Crippen molar-refractivity contribution in [3.63, 3.8) is 0 Å². The molecule has 0 spiro atoms. The van der Waals surface area contributed by atoms with Crippen LogP contribution < -0.4 is 4.72 Å². The molecule has 0 aliphatic carbocycles. The van der Waals surface area contributed by atoms with Crippen molar-refractivity contribution >= 4 is 45.0 Å². The number of nitrogens with zero attached hydrogens (tertiary/aromatic N) is 2. The number of carbonyl (C=O) groups is 1. The number of carbonyl (C=O) groups excluding carboxylic acids is 1. The zero-order valence-electron chi connectivity index (χ0n) is 20.6. The number of sulfonamides is 1. The lowest BCUT2D eigenvalue weighted by atomic mass is 9.98. The van der Waals surface area contributed by atoms with Gasteiger partial charge >= 0.3 is 0 Å². The molecule has 0 aliphatic heterocycles. The van der Waals surface area contributed by atoms with Crippen LogP contribution in [0.3, 0.4) is 0 Å². The molecule has 0 fully saturated rings. The molecule has 0 saturated carbocycles. The highest BCUT2D eigenvalue weighted by molar-refractivity contribution is 7.92. The molecule has 1 atom stereocenters. The lowest BCUT2D eigenvalue weighted by Crippen LogP contribution is -2.16. The van der Waals surface area contributed by atoms with E-state index in [4.69, 9.17) is 5.41 Å². The third-order valence-electron chi connectivity index (χ3n) is 6.01. The maximum atomic E-state index is 15.5. The van der Waals surface area contributed by atoms with Crippen molar-refractivity contribution in [2.75, 3.05) is 11.8 Å². The summed E-state index contributed by atoms with van der Waals surface area (Å²) in [5, 5.41) is 7.91. The molecular formula is C27H25F2N5O3S. The topological polar surface area (TPSA) is 128 Å². The van der Waals surface area contributed by atoms with Crippen molar-refractivity contribution in [3.05, 3.63) is 88.7 Å². The Morgan fingerprint density at radius 2 is 1.95 bits per heavy atom. The van der Waals surface area contributed by atoms with Crippen LogP contribution in [0.15, 0.2) is 64.7 Å². The zero-order valence-corrected chi connectivity index (χ0v) is 21.4. The number of aromatic amines is 1. The molecule has 11 heteroatoms. The van der Waals surface area contributed by atoms with Crippen LogP contribution in [0.5, 0.6) is 0 Å². The largest absolute Gasteiger partial charge is 0.345 e. The van der Waals surface area contributed by atoms with Crippen molar-refractivity contribution in [2.45, 2.75) is 30.6 Å². The molecule has 0 saturated heterocycles. The van der Waals surface area contributed by atoms with E-state index in [1.165, 1.54) is 30.7 Å². The Bertz CT molecular complexity index is 1650. The van der Waals surface area contributed by atoms with Gasteiger partial charge in [-0.05, 0) is 47.9 Å². The quantitative estimate of drug-likeness (QED) is 0.188. The van der Waals surface area contributed by atoms with Gasteiger partial charge in [0.15, 0.2) is 5.82 Å². The number of H-pyrrole nitrogens is 1. The molecule has 2 heterocycles. The molecule has 2 aromatic heterocycles. The van der Waals surface area contributed by atoms with Crippen LogP contribution in [-0.4, -0.2) is 43.6 Å². The highest BCUT2D eigenvalue weighted by Crippen LogP contribution is 2.29. The normalized spacial score (nSPS) is 12.6. The number of pyridine rings is 1. The Hall–Kier alpha value is -4.25. The van der Waals surface area contributed by atoms with Gasteiger partial charge in [-0.3, -0.25) is 14.5 Å². The Balaban J connectivity index is 1.71. The monoisotopic (exact) mass is 537 g/mol. The number of hydrogen-bond donors (Lipinski definition) is 3. The Kier molecular flexibility index (Phi) is 7.77. The molecule has 2 aromatic carbocycles. The number of benzene rings is 2. The molecule has 0 radical (unpaired) electrons. The van der Waals surface area contributed by atoms with Crippen molar-refractivity contribution in [3.8, 4) is 0 Å². The van der Waals surface area contributed by atoms with Gasteiger partial charge in [0.05, 0.1) is 22.1 Å². The van der Waals surface area contributed by atoms with Gasteiger partial charge in [-0.25, -0.2) is 22.2 Å².